The van der Waals surface area contributed by atoms with E-state index in [2.05, 4.69) is 20.8 Å². The summed E-state index contributed by atoms with van der Waals surface area (Å²) in [5, 5.41) is 14.3. The van der Waals surface area contributed by atoms with Crippen LogP contribution in [0.15, 0.2) is 54.6 Å². The number of anilines is 2. The first-order chi connectivity index (χ1) is 12.5. The van der Waals surface area contributed by atoms with E-state index in [-0.39, 0.29) is 0 Å². The van der Waals surface area contributed by atoms with Crippen LogP contribution in [0.5, 0.6) is 5.88 Å². The highest BCUT2D eigenvalue weighted by atomic mass is 35.5. The number of halogens is 2. The van der Waals surface area contributed by atoms with Gasteiger partial charge in [0.25, 0.3) is 0 Å². The van der Waals surface area contributed by atoms with Crippen LogP contribution in [-0.4, -0.2) is 23.3 Å². The molecule has 3 aromatic rings. The van der Waals surface area contributed by atoms with Crippen molar-refractivity contribution in [3.8, 4) is 17.1 Å². The quantitative estimate of drug-likeness (QED) is 0.651. The number of hydrogen-bond acceptors (Lipinski definition) is 4. The maximum atomic E-state index is 12.1. The first-order valence-electron chi connectivity index (χ1n) is 7.56. The molecule has 1 aromatic heterocycles. The number of nitrogens with one attached hydrogen (secondary N) is 2. The lowest BCUT2D eigenvalue weighted by Crippen LogP contribution is -2.19. The lowest BCUT2D eigenvalue weighted by molar-refractivity contribution is 0.262. The predicted molar refractivity (Wildman–Crippen MR) is 103 cm³/mol. The van der Waals surface area contributed by atoms with Gasteiger partial charge in [0.15, 0.2) is 0 Å². The third-order valence-corrected chi connectivity index (χ3v) is 3.84. The zero-order valence-electron chi connectivity index (χ0n) is 13.7. The third kappa shape index (κ3) is 4.62. The first kappa shape index (κ1) is 18.0. The van der Waals surface area contributed by atoms with E-state index < -0.39 is 6.03 Å². The van der Waals surface area contributed by atoms with Gasteiger partial charge in [0, 0.05) is 33.0 Å². The fraction of sp³-hybridized carbons (Fsp3) is 0.0556. The molecule has 6 nitrogen and oxygen atoms in total. The number of aromatic nitrogens is 2. The van der Waals surface area contributed by atoms with Crippen molar-refractivity contribution in [3.63, 3.8) is 0 Å². The standard InChI is InChI=1S/C18H14Cl2N4O2/c1-26-17-7-6-16(23-24-17)11-2-4-14(5-3-11)21-18(25)22-15-9-12(19)8-13(20)10-15/h2-10H,1H3,(H2,21,22,25). The van der Waals surface area contributed by atoms with Crippen LogP contribution in [0, 0.1) is 0 Å². The molecule has 2 amide bonds. The Bertz CT molecular complexity index is 895. The summed E-state index contributed by atoms with van der Waals surface area (Å²) in [5.74, 6) is 0.449. The Hall–Kier alpha value is -2.83. The topological polar surface area (TPSA) is 76.1 Å². The molecular formula is C18H14Cl2N4O2. The monoisotopic (exact) mass is 388 g/mol. The molecule has 0 saturated carbocycles. The second kappa shape index (κ2) is 8.03. The third-order valence-electron chi connectivity index (χ3n) is 3.41. The minimum Gasteiger partial charge on any atom is -0.480 e. The molecule has 2 N–H and O–H groups in total. The SMILES string of the molecule is COc1ccc(-c2ccc(NC(=O)Nc3cc(Cl)cc(Cl)c3)cc2)nn1. The minimum atomic E-state index is -0.402. The predicted octanol–water partition coefficient (Wildman–Crippen LogP) is 5.10. The summed E-state index contributed by atoms with van der Waals surface area (Å²) in [5.41, 5.74) is 2.70. The highest BCUT2D eigenvalue weighted by Crippen LogP contribution is 2.23. The molecule has 0 spiro atoms. The molecule has 1 heterocycles. The van der Waals surface area contributed by atoms with Crippen LogP contribution in [-0.2, 0) is 0 Å². The fourth-order valence-corrected chi connectivity index (χ4v) is 2.75. The van der Waals surface area contributed by atoms with E-state index in [1.54, 1.807) is 36.4 Å². The Morgan fingerprint density at radius 1 is 0.885 bits per heavy atom. The van der Waals surface area contributed by atoms with Crippen molar-refractivity contribution in [2.24, 2.45) is 0 Å². The van der Waals surface area contributed by atoms with E-state index in [9.17, 15) is 4.79 Å². The Morgan fingerprint density at radius 3 is 2.12 bits per heavy atom. The molecule has 2 aromatic carbocycles. The summed E-state index contributed by atoms with van der Waals surface area (Å²) in [6.07, 6.45) is 0. The van der Waals surface area contributed by atoms with Crippen LogP contribution in [0.2, 0.25) is 10.0 Å². The molecule has 0 aliphatic rings. The van der Waals surface area contributed by atoms with Gasteiger partial charge >= 0.3 is 6.03 Å². The van der Waals surface area contributed by atoms with Gasteiger partial charge < -0.3 is 15.4 Å². The first-order valence-corrected chi connectivity index (χ1v) is 8.31. The number of carbonyl (C=O) groups is 1. The molecule has 0 radical (unpaired) electrons. The van der Waals surface area contributed by atoms with Crippen LogP contribution < -0.4 is 15.4 Å². The molecule has 0 fully saturated rings. The second-order valence-corrected chi connectivity index (χ2v) is 6.15. The van der Waals surface area contributed by atoms with Crippen LogP contribution >= 0.6 is 23.2 Å². The van der Waals surface area contributed by atoms with Crippen LogP contribution in [0.1, 0.15) is 0 Å². The van der Waals surface area contributed by atoms with Gasteiger partial charge in [-0.1, -0.05) is 35.3 Å². The van der Waals surface area contributed by atoms with Gasteiger partial charge in [-0.25, -0.2) is 4.79 Å². The molecule has 132 valence electrons. The molecule has 26 heavy (non-hydrogen) atoms. The smallest absolute Gasteiger partial charge is 0.323 e. The maximum Gasteiger partial charge on any atom is 0.323 e. The molecule has 3 rings (SSSR count). The Morgan fingerprint density at radius 2 is 1.54 bits per heavy atom. The van der Waals surface area contributed by atoms with E-state index in [0.717, 1.165) is 5.56 Å². The molecule has 0 aliphatic carbocycles. The number of urea groups is 1. The average Bonchev–Trinajstić information content (AvgIpc) is 2.61. The molecule has 0 bridgehead atoms. The van der Waals surface area contributed by atoms with Gasteiger partial charge in [0.2, 0.25) is 5.88 Å². The van der Waals surface area contributed by atoms with Crippen LogP contribution in [0.3, 0.4) is 0 Å². The normalized spacial score (nSPS) is 10.3. The highest BCUT2D eigenvalue weighted by Gasteiger charge is 2.06. The number of benzene rings is 2. The van der Waals surface area contributed by atoms with Gasteiger partial charge in [-0.2, -0.15) is 0 Å². The number of nitrogens with zero attached hydrogens (tertiary/aromatic N) is 2. The van der Waals surface area contributed by atoms with E-state index in [4.69, 9.17) is 27.9 Å². The number of methoxy groups -OCH3 is 1. The van der Waals surface area contributed by atoms with Crippen molar-refractivity contribution < 1.29 is 9.53 Å². The van der Waals surface area contributed by atoms with Crippen molar-refractivity contribution >= 4 is 40.6 Å². The van der Waals surface area contributed by atoms with Crippen molar-refractivity contribution in [2.75, 3.05) is 17.7 Å². The molecule has 0 unspecified atom stereocenters. The Kier molecular flexibility index (Phi) is 5.55. The van der Waals surface area contributed by atoms with E-state index in [0.29, 0.717) is 33.0 Å². The van der Waals surface area contributed by atoms with Gasteiger partial charge in [0.1, 0.15) is 0 Å². The average molecular weight is 389 g/mol. The molecule has 0 atom stereocenters. The van der Waals surface area contributed by atoms with Gasteiger partial charge in [-0.3, -0.25) is 0 Å². The number of hydrogen-bond donors (Lipinski definition) is 2. The molecular weight excluding hydrogens is 375 g/mol. The summed E-state index contributed by atoms with van der Waals surface area (Å²) in [7, 11) is 1.53. The zero-order chi connectivity index (χ0) is 18.5. The minimum absolute atomic E-state index is 0.402. The summed E-state index contributed by atoms with van der Waals surface area (Å²) < 4.78 is 4.99. The number of amides is 2. The van der Waals surface area contributed by atoms with Crippen LogP contribution in [0.4, 0.5) is 16.2 Å². The Balaban J connectivity index is 1.65. The summed E-state index contributed by atoms with van der Waals surface area (Å²) in [6.45, 7) is 0. The number of carbonyl (C=O) groups excluding carboxylic acids is 1. The van der Waals surface area contributed by atoms with Gasteiger partial charge in [0.05, 0.1) is 12.8 Å². The summed E-state index contributed by atoms with van der Waals surface area (Å²) >= 11 is 11.8. The number of ether oxygens (including phenoxy) is 1. The largest absolute Gasteiger partial charge is 0.480 e. The van der Waals surface area contributed by atoms with Gasteiger partial charge in [-0.15, -0.1) is 10.2 Å². The summed E-state index contributed by atoms with van der Waals surface area (Å²) in [6, 6.07) is 15.2. The van der Waals surface area contributed by atoms with Crippen LogP contribution in [0.25, 0.3) is 11.3 Å². The van der Waals surface area contributed by atoms with Crippen molar-refractivity contribution in [1.29, 1.82) is 0 Å². The lowest BCUT2D eigenvalue weighted by Gasteiger charge is -2.09. The van der Waals surface area contributed by atoms with Crippen molar-refractivity contribution in [2.45, 2.75) is 0 Å². The van der Waals surface area contributed by atoms with Crippen molar-refractivity contribution in [1.82, 2.24) is 10.2 Å². The Labute approximate surface area is 160 Å². The fourth-order valence-electron chi connectivity index (χ4n) is 2.23. The molecule has 8 heteroatoms. The highest BCUT2D eigenvalue weighted by molar-refractivity contribution is 6.35. The lowest BCUT2D eigenvalue weighted by atomic mass is 10.1. The van der Waals surface area contributed by atoms with E-state index >= 15 is 0 Å². The van der Waals surface area contributed by atoms with Crippen molar-refractivity contribution in [3.05, 3.63) is 64.6 Å². The van der Waals surface area contributed by atoms with E-state index in [1.165, 1.54) is 7.11 Å². The maximum absolute atomic E-state index is 12.1. The number of rotatable bonds is 4. The zero-order valence-corrected chi connectivity index (χ0v) is 15.2. The summed E-state index contributed by atoms with van der Waals surface area (Å²) in [4.78, 5) is 12.1. The van der Waals surface area contributed by atoms with Gasteiger partial charge in [-0.05, 0) is 36.4 Å². The van der Waals surface area contributed by atoms with E-state index in [1.807, 2.05) is 18.2 Å². The molecule has 0 aliphatic heterocycles. The second-order valence-electron chi connectivity index (χ2n) is 5.28. The molecule has 0 saturated heterocycles.